The molecular formula is C12H17NO4S. The van der Waals surface area contributed by atoms with Crippen molar-refractivity contribution in [3.05, 3.63) is 29.8 Å². The van der Waals surface area contributed by atoms with Gasteiger partial charge in [0.05, 0.1) is 5.75 Å². The molecule has 0 aliphatic heterocycles. The van der Waals surface area contributed by atoms with E-state index in [0.29, 0.717) is 12.2 Å². The first-order valence-corrected chi connectivity index (χ1v) is 7.33. The highest BCUT2D eigenvalue weighted by molar-refractivity contribution is 7.89. The van der Waals surface area contributed by atoms with Gasteiger partial charge in [-0.15, -0.1) is 0 Å². The maximum absolute atomic E-state index is 11.4. The van der Waals surface area contributed by atoms with Crippen LogP contribution in [0.3, 0.4) is 0 Å². The van der Waals surface area contributed by atoms with Crippen LogP contribution >= 0.6 is 0 Å². The quantitative estimate of drug-likeness (QED) is 0.624. The molecular weight excluding hydrogens is 254 g/mol. The Kier molecular flexibility index (Phi) is 5.30. The van der Waals surface area contributed by atoms with Crippen LogP contribution in [0.1, 0.15) is 18.9 Å². The fraction of sp³-hybridized carbons (Fsp3) is 0.417. The minimum Gasteiger partial charge on any atom is -0.426 e. The highest BCUT2D eigenvalue weighted by Crippen LogP contribution is 2.12. The zero-order valence-electron chi connectivity index (χ0n) is 10.5. The molecule has 0 saturated heterocycles. The molecule has 0 aliphatic rings. The van der Waals surface area contributed by atoms with E-state index in [1.807, 2.05) is 13.0 Å². The van der Waals surface area contributed by atoms with Gasteiger partial charge in [-0.2, -0.15) is 0 Å². The Labute approximate surface area is 107 Å². The van der Waals surface area contributed by atoms with Gasteiger partial charge < -0.3 is 4.74 Å². The average Bonchev–Trinajstić information content (AvgIpc) is 2.26. The number of esters is 1. The van der Waals surface area contributed by atoms with Crippen LogP contribution in [0, 0.1) is 6.92 Å². The summed E-state index contributed by atoms with van der Waals surface area (Å²) >= 11 is 0. The van der Waals surface area contributed by atoms with Crippen molar-refractivity contribution in [2.75, 3.05) is 12.3 Å². The first kappa shape index (κ1) is 14.7. The lowest BCUT2D eigenvalue weighted by atomic mass is 10.2. The molecule has 0 saturated carbocycles. The Bertz CT molecular complexity index is 511. The van der Waals surface area contributed by atoms with E-state index in [4.69, 9.17) is 4.74 Å². The number of hydrogen-bond donors (Lipinski definition) is 1. The third kappa shape index (κ3) is 5.29. The summed E-state index contributed by atoms with van der Waals surface area (Å²) in [6.07, 6.45) is 0.502. The van der Waals surface area contributed by atoms with E-state index in [9.17, 15) is 13.2 Å². The van der Waals surface area contributed by atoms with Crippen molar-refractivity contribution in [2.24, 2.45) is 0 Å². The molecule has 0 unspecified atom stereocenters. The summed E-state index contributed by atoms with van der Waals surface area (Å²) in [5.41, 5.74) is 0.965. The Hall–Kier alpha value is -1.40. The van der Waals surface area contributed by atoms with Gasteiger partial charge in [-0.05, 0) is 31.0 Å². The van der Waals surface area contributed by atoms with Crippen molar-refractivity contribution in [1.82, 2.24) is 4.72 Å². The molecule has 0 fully saturated rings. The first-order chi connectivity index (χ1) is 8.43. The van der Waals surface area contributed by atoms with Gasteiger partial charge in [-0.1, -0.05) is 19.1 Å². The van der Waals surface area contributed by atoms with E-state index >= 15 is 0 Å². The van der Waals surface area contributed by atoms with Crippen LogP contribution in [0.15, 0.2) is 24.3 Å². The summed E-state index contributed by atoms with van der Waals surface area (Å²) in [5.74, 6) is -0.208. The lowest BCUT2D eigenvalue weighted by molar-refractivity contribution is -0.133. The Morgan fingerprint density at radius 1 is 1.39 bits per heavy atom. The van der Waals surface area contributed by atoms with Crippen LogP contribution in [-0.2, 0) is 14.8 Å². The molecule has 0 aromatic heterocycles. The van der Waals surface area contributed by atoms with E-state index in [1.165, 1.54) is 0 Å². The van der Waals surface area contributed by atoms with E-state index < -0.39 is 16.0 Å². The number of carbonyl (C=O) groups excluding carboxylic acids is 1. The summed E-state index contributed by atoms with van der Waals surface area (Å²) in [6.45, 7) is 3.28. The number of nitrogens with one attached hydrogen (secondary N) is 1. The summed E-state index contributed by atoms with van der Waals surface area (Å²) < 4.78 is 29.8. The molecule has 100 valence electrons. The fourth-order valence-electron chi connectivity index (χ4n) is 1.36. The predicted molar refractivity (Wildman–Crippen MR) is 68.9 cm³/mol. The smallest absolute Gasteiger partial charge is 0.326 e. The molecule has 18 heavy (non-hydrogen) atoms. The molecule has 0 radical (unpaired) electrons. The number of ether oxygens (including phenoxy) is 1. The largest absolute Gasteiger partial charge is 0.426 e. The fourth-order valence-corrected chi connectivity index (χ4v) is 2.38. The summed E-state index contributed by atoms with van der Waals surface area (Å²) in [7, 11) is -3.38. The third-order valence-electron chi connectivity index (χ3n) is 2.13. The molecule has 1 N–H and O–H groups in total. The third-order valence-corrected chi connectivity index (χ3v) is 3.66. The van der Waals surface area contributed by atoms with Gasteiger partial charge >= 0.3 is 5.97 Å². The highest BCUT2D eigenvalue weighted by atomic mass is 32.2. The molecule has 0 atom stereocenters. The Morgan fingerprint density at radius 3 is 2.72 bits per heavy atom. The van der Waals surface area contributed by atoms with Crippen molar-refractivity contribution >= 4 is 16.0 Å². The number of carbonyl (C=O) groups is 1. The molecule has 0 heterocycles. The summed E-state index contributed by atoms with van der Waals surface area (Å²) in [4.78, 5) is 11.4. The lowest BCUT2D eigenvalue weighted by Gasteiger charge is -2.06. The van der Waals surface area contributed by atoms with E-state index in [0.717, 1.165) is 5.56 Å². The lowest BCUT2D eigenvalue weighted by Crippen LogP contribution is -2.33. The zero-order chi connectivity index (χ0) is 13.6. The van der Waals surface area contributed by atoms with E-state index in [2.05, 4.69) is 4.72 Å². The summed E-state index contributed by atoms with van der Waals surface area (Å²) in [5, 5.41) is 0. The van der Waals surface area contributed by atoms with Gasteiger partial charge in [0.15, 0.2) is 0 Å². The van der Waals surface area contributed by atoms with Crippen LogP contribution in [0.2, 0.25) is 0 Å². The topological polar surface area (TPSA) is 72.5 Å². The molecule has 1 rings (SSSR count). The molecule has 6 heteroatoms. The van der Waals surface area contributed by atoms with Crippen molar-refractivity contribution in [2.45, 2.75) is 20.3 Å². The minimum absolute atomic E-state index is 0.00469. The number of rotatable bonds is 6. The number of hydrogen-bond acceptors (Lipinski definition) is 4. The minimum atomic E-state index is -3.38. The monoisotopic (exact) mass is 271 g/mol. The second-order valence-corrected chi connectivity index (χ2v) is 5.86. The number of benzene rings is 1. The molecule has 0 aliphatic carbocycles. The van der Waals surface area contributed by atoms with Gasteiger partial charge in [-0.3, -0.25) is 4.79 Å². The maximum Gasteiger partial charge on any atom is 0.326 e. The first-order valence-electron chi connectivity index (χ1n) is 5.67. The number of sulfonamides is 1. The molecule has 0 bridgehead atoms. The average molecular weight is 271 g/mol. The Morgan fingerprint density at radius 2 is 2.11 bits per heavy atom. The van der Waals surface area contributed by atoms with Gasteiger partial charge in [0.1, 0.15) is 12.3 Å². The van der Waals surface area contributed by atoms with Crippen LogP contribution in [0.25, 0.3) is 0 Å². The molecule has 5 nitrogen and oxygen atoms in total. The van der Waals surface area contributed by atoms with E-state index in [-0.39, 0.29) is 12.3 Å². The van der Waals surface area contributed by atoms with Crippen LogP contribution in [0.5, 0.6) is 5.75 Å². The van der Waals surface area contributed by atoms with Gasteiger partial charge in [-0.25, -0.2) is 13.1 Å². The van der Waals surface area contributed by atoms with Crippen molar-refractivity contribution in [1.29, 1.82) is 0 Å². The zero-order valence-corrected chi connectivity index (χ0v) is 11.3. The SMILES string of the molecule is CCCS(=O)(=O)NCC(=O)Oc1cccc(C)c1. The molecule has 0 amide bonds. The summed E-state index contributed by atoms with van der Waals surface area (Å²) in [6, 6.07) is 6.99. The Balaban J connectivity index is 2.48. The van der Waals surface area contributed by atoms with Crippen molar-refractivity contribution in [3.63, 3.8) is 0 Å². The number of aryl methyl sites for hydroxylation is 1. The van der Waals surface area contributed by atoms with Crippen LogP contribution in [0.4, 0.5) is 0 Å². The van der Waals surface area contributed by atoms with Crippen molar-refractivity contribution < 1.29 is 17.9 Å². The van der Waals surface area contributed by atoms with Crippen LogP contribution in [-0.4, -0.2) is 26.7 Å². The second kappa shape index (κ2) is 6.51. The highest BCUT2D eigenvalue weighted by Gasteiger charge is 2.12. The van der Waals surface area contributed by atoms with E-state index in [1.54, 1.807) is 25.1 Å². The predicted octanol–water partition coefficient (Wildman–Crippen LogP) is 1.23. The maximum atomic E-state index is 11.4. The second-order valence-electron chi connectivity index (χ2n) is 3.93. The van der Waals surface area contributed by atoms with Gasteiger partial charge in [0, 0.05) is 0 Å². The van der Waals surface area contributed by atoms with Crippen molar-refractivity contribution in [3.8, 4) is 5.75 Å². The molecule has 0 spiro atoms. The molecule has 1 aromatic carbocycles. The molecule has 1 aromatic rings. The van der Waals surface area contributed by atoms with Crippen LogP contribution < -0.4 is 9.46 Å². The van der Waals surface area contributed by atoms with Gasteiger partial charge in [0.2, 0.25) is 10.0 Å². The van der Waals surface area contributed by atoms with Gasteiger partial charge in [0.25, 0.3) is 0 Å². The normalized spacial score (nSPS) is 11.2. The standard InChI is InChI=1S/C12H17NO4S/c1-3-7-18(15,16)13-9-12(14)17-11-6-4-5-10(2)8-11/h4-6,8,13H,3,7,9H2,1-2H3.